The van der Waals surface area contributed by atoms with E-state index in [1.54, 1.807) is 29.7 Å². The van der Waals surface area contributed by atoms with Gasteiger partial charge in [0.1, 0.15) is 11.5 Å². The summed E-state index contributed by atoms with van der Waals surface area (Å²) in [6.45, 7) is 0. The van der Waals surface area contributed by atoms with E-state index in [1.165, 1.54) is 6.07 Å². The van der Waals surface area contributed by atoms with Crippen LogP contribution in [-0.2, 0) is 12.8 Å². The summed E-state index contributed by atoms with van der Waals surface area (Å²) in [7, 11) is 0. The number of aryl methyl sites for hydroxylation is 2. The molecule has 0 aliphatic rings. The highest BCUT2D eigenvalue weighted by molar-refractivity contribution is 7.09. The molecule has 78 valence electrons. The fourth-order valence-electron chi connectivity index (χ4n) is 1.38. The zero-order valence-corrected chi connectivity index (χ0v) is 8.87. The number of nitrogens with zero attached hydrogens (tertiary/aromatic N) is 1. The second-order valence-corrected chi connectivity index (χ2v) is 4.22. The van der Waals surface area contributed by atoms with Crippen molar-refractivity contribution in [1.29, 1.82) is 0 Å². The third-order valence-electron chi connectivity index (χ3n) is 2.16. The molecular formula is C11H11NO2S. The largest absolute Gasteiger partial charge is 0.508 e. The normalized spacial score (nSPS) is 10.4. The third kappa shape index (κ3) is 2.47. The molecule has 15 heavy (non-hydrogen) atoms. The summed E-state index contributed by atoms with van der Waals surface area (Å²) in [6, 6.07) is 4.67. The summed E-state index contributed by atoms with van der Waals surface area (Å²) in [5.74, 6) is 0.233. The predicted molar refractivity (Wildman–Crippen MR) is 59.3 cm³/mol. The Balaban J connectivity index is 2.05. The molecule has 2 rings (SSSR count). The van der Waals surface area contributed by atoms with Gasteiger partial charge >= 0.3 is 0 Å². The maximum atomic E-state index is 9.54. The fourth-order valence-corrected chi connectivity index (χ4v) is 2.00. The molecule has 0 amide bonds. The van der Waals surface area contributed by atoms with Crippen LogP contribution in [0.2, 0.25) is 0 Å². The smallest absolute Gasteiger partial charge is 0.122 e. The minimum atomic E-state index is 0.0884. The molecule has 3 nitrogen and oxygen atoms in total. The van der Waals surface area contributed by atoms with E-state index in [0.717, 1.165) is 23.4 Å². The van der Waals surface area contributed by atoms with E-state index in [-0.39, 0.29) is 11.5 Å². The van der Waals surface area contributed by atoms with Gasteiger partial charge in [0.15, 0.2) is 0 Å². The van der Waals surface area contributed by atoms with Gasteiger partial charge in [-0.1, -0.05) is 6.07 Å². The minimum Gasteiger partial charge on any atom is -0.508 e. The first-order chi connectivity index (χ1) is 7.25. The average molecular weight is 221 g/mol. The minimum absolute atomic E-state index is 0.0884. The predicted octanol–water partition coefficient (Wildman–Crippen LogP) is 2.34. The molecule has 0 saturated carbocycles. The molecule has 0 fully saturated rings. The maximum absolute atomic E-state index is 9.54. The van der Waals surface area contributed by atoms with Crippen LogP contribution in [-0.4, -0.2) is 15.2 Å². The molecule has 1 aromatic carbocycles. The lowest BCUT2D eigenvalue weighted by atomic mass is 10.1. The second-order valence-electron chi connectivity index (χ2n) is 3.24. The van der Waals surface area contributed by atoms with Gasteiger partial charge in [0.25, 0.3) is 0 Å². The number of benzene rings is 1. The van der Waals surface area contributed by atoms with E-state index in [0.29, 0.717) is 0 Å². The van der Waals surface area contributed by atoms with Crippen molar-refractivity contribution >= 4 is 11.3 Å². The van der Waals surface area contributed by atoms with Crippen molar-refractivity contribution in [3.05, 3.63) is 40.3 Å². The van der Waals surface area contributed by atoms with Crippen LogP contribution < -0.4 is 0 Å². The van der Waals surface area contributed by atoms with E-state index in [4.69, 9.17) is 5.11 Å². The van der Waals surface area contributed by atoms with E-state index in [1.807, 2.05) is 5.38 Å². The van der Waals surface area contributed by atoms with Gasteiger partial charge in [-0.3, -0.25) is 0 Å². The molecule has 0 saturated heterocycles. The van der Waals surface area contributed by atoms with Gasteiger partial charge in [0, 0.05) is 24.1 Å². The number of aromatic nitrogens is 1. The Kier molecular flexibility index (Phi) is 2.87. The number of hydrogen-bond acceptors (Lipinski definition) is 4. The lowest BCUT2D eigenvalue weighted by Crippen LogP contribution is -1.90. The number of thiazole rings is 1. The first-order valence-corrected chi connectivity index (χ1v) is 5.53. The summed E-state index contributed by atoms with van der Waals surface area (Å²) in [4.78, 5) is 4.17. The first kappa shape index (κ1) is 9.98. The van der Waals surface area contributed by atoms with Crippen LogP contribution in [0.3, 0.4) is 0 Å². The van der Waals surface area contributed by atoms with Crippen LogP contribution in [0.4, 0.5) is 0 Å². The lowest BCUT2D eigenvalue weighted by Gasteiger charge is -2.03. The molecule has 0 aliphatic heterocycles. The van der Waals surface area contributed by atoms with Crippen molar-refractivity contribution in [3.63, 3.8) is 0 Å². The Morgan fingerprint density at radius 1 is 1.20 bits per heavy atom. The van der Waals surface area contributed by atoms with E-state index >= 15 is 0 Å². The number of phenols is 2. The summed E-state index contributed by atoms with van der Waals surface area (Å²) in [6.07, 6.45) is 3.33. The second kappa shape index (κ2) is 4.31. The van der Waals surface area contributed by atoms with Crippen molar-refractivity contribution in [2.24, 2.45) is 0 Å². The van der Waals surface area contributed by atoms with Gasteiger partial charge in [-0.05, 0) is 18.1 Å². The number of aromatic hydroxyl groups is 2. The van der Waals surface area contributed by atoms with Crippen molar-refractivity contribution in [2.75, 3.05) is 0 Å². The summed E-state index contributed by atoms with van der Waals surface area (Å²) < 4.78 is 0. The summed E-state index contributed by atoms with van der Waals surface area (Å²) >= 11 is 1.61. The van der Waals surface area contributed by atoms with Crippen LogP contribution >= 0.6 is 11.3 Å². The van der Waals surface area contributed by atoms with Crippen LogP contribution in [0.15, 0.2) is 29.8 Å². The lowest BCUT2D eigenvalue weighted by molar-refractivity contribution is 0.446. The topological polar surface area (TPSA) is 53.4 Å². The molecular weight excluding hydrogens is 210 g/mol. The van der Waals surface area contributed by atoms with Crippen LogP contribution in [0.1, 0.15) is 10.6 Å². The Morgan fingerprint density at radius 3 is 2.73 bits per heavy atom. The summed E-state index contributed by atoms with van der Waals surface area (Å²) in [5.41, 5.74) is 0.836. The Morgan fingerprint density at radius 2 is 2.07 bits per heavy atom. The molecule has 0 radical (unpaired) electrons. The standard InChI is InChI=1S/C11H11NO2S/c13-9-3-1-8(10(14)7-9)2-4-11-12-5-6-15-11/h1,3,5-7,13-14H,2,4H2. The number of hydrogen-bond donors (Lipinski definition) is 2. The zero-order valence-electron chi connectivity index (χ0n) is 8.05. The average Bonchev–Trinajstić information content (AvgIpc) is 2.69. The quantitative estimate of drug-likeness (QED) is 0.836. The van der Waals surface area contributed by atoms with Crippen molar-refractivity contribution in [3.8, 4) is 11.5 Å². The van der Waals surface area contributed by atoms with Crippen LogP contribution in [0, 0.1) is 0 Å². The Bertz CT molecular complexity index is 440. The zero-order chi connectivity index (χ0) is 10.7. The van der Waals surface area contributed by atoms with Gasteiger partial charge in [0.05, 0.1) is 5.01 Å². The van der Waals surface area contributed by atoms with Gasteiger partial charge in [-0.25, -0.2) is 4.98 Å². The molecule has 1 aromatic heterocycles. The SMILES string of the molecule is Oc1ccc(CCc2nccs2)c(O)c1. The van der Waals surface area contributed by atoms with Crippen molar-refractivity contribution in [1.82, 2.24) is 4.98 Å². The molecule has 0 bridgehead atoms. The van der Waals surface area contributed by atoms with Crippen molar-refractivity contribution < 1.29 is 10.2 Å². The molecule has 0 unspecified atom stereocenters. The van der Waals surface area contributed by atoms with Crippen LogP contribution in [0.5, 0.6) is 11.5 Å². The van der Waals surface area contributed by atoms with Crippen LogP contribution in [0.25, 0.3) is 0 Å². The fraction of sp³-hybridized carbons (Fsp3) is 0.182. The van der Waals surface area contributed by atoms with Crippen molar-refractivity contribution in [2.45, 2.75) is 12.8 Å². The molecule has 0 atom stereocenters. The highest BCUT2D eigenvalue weighted by Crippen LogP contribution is 2.23. The highest BCUT2D eigenvalue weighted by Gasteiger charge is 2.03. The number of phenolic OH excluding ortho intramolecular Hbond substituents is 2. The molecule has 0 spiro atoms. The van der Waals surface area contributed by atoms with E-state index < -0.39 is 0 Å². The first-order valence-electron chi connectivity index (χ1n) is 4.65. The molecule has 0 aliphatic carbocycles. The maximum Gasteiger partial charge on any atom is 0.122 e. The van der Waals surface area contributed by atoms with Gasteiger partial charge < -0.3 is 10.2 Å². The molecule has 2 aromatic rings. The van der Waals surface area contributed by atoms with E-state index in [2.05, 4.69) is 4.98 Å². The van der Waals surface area contributed by atoms with E-state index in [9.17, 15) is 5.11 Å². The Hall–Kier alpha value is -1.55. The molecule has 1 heterocycles. The van der Waals surface area contributed by atoms with Gasteiger partial charge in [-0.2, -0.15) is 0 Å². The van der Waals surface area contributed by atoms with Gasteiger partial charge in [0.2, 0.25) is 0 Å². The summed E-state index contributed by atoms with van der Waals surface area (Å²) in [5, 5.41) is 21.7. The third-order valence-corrected chi connectivity index (χ3v) is 3.00. The van der Waals surface area contributed by atoms with Gasteiger partial charge in [-0.15, -0.1) is 11.3 Å². The highest BCUT2D eigenvalue weighted by atomic mass is 32.1. The molecule has 4 heteroatoms. The number of rotatable bonds is 3. The Labute approximate surface area is 91.7 Å². The monoisotopic (exact) mass is 221 g/mol. The molecule has 2 N–H and O–H groups in total.